The monoisotopic (exact) mass is 360 g/mol. The first kappa shape index (κ1) is 17.2. The van der Waals surface area contributed by atoms with E-state index >= 15 is 0 Å². The molecule has 0 aliphatic heterocycles. The highest BCUT2D eigenvalue weighted by molar-refractivity contribution is 7.99. The topological polar surface area (TPSA) is 117 Å². The third kappa shape index (κ3) is 4.44. The molecule has 0 fully saturated rings. The molecule has 0 bridgehead atoms. The Balaban J connectivity index is 1.54. The van der Waals surface area contributed by atoms with Gasteiger partial charge in [-0.2, -0.15) is 4.98 Å². The lowest BCUT2D eigenvalue weighted by Gasteiger charge is -2.01. The van der Waals surface area contributed by atoms with Gasteiger partial charge in [0.05, 0.1) is 0 Å². The van der Waals surface area contributed by atoms with Crippen LogP contribution in [0.4, 0.5) is 16.0 Å². The largest absolute Gasteiger partial charge is 0.383 e. The molecule has 0 amide bonds. The van der Waals surface area contributed by atoms with Gasteiger partial charge in [-0.1, -0.05) is 29.1 Å². The predicted molar refractivity (Wildman–Crippen MR) is 94.3 cm³/mol. The Labute approximate surface area is 148 Å². The van der Waals surface area contributed by atoms with E-state index in [0.29, 0.717) is 46.1 Å². The number of halogens is 1. The molecule has 0 spiro atoms. The maximum Gasteiger partial charge on any atom is 0.226 e. The van der Waals surface area contributed by atoms with E-state index in [2.05, 4.69) is 20.1 Å². The second kappa shape index (κ2) is 7.47. The van der Waals surface area contributed by atoms with Crippen LogP contribution in [0.1, 0.15) is 17.9 Å². The fraction of sp³-hybridized carbons (Fsp3) is 0.250. The summed E-state index contributed by atoms with van der Waals surface area (Å²) < 4.78 is 18.8. The van der Waals surface area contributed by atoms with Gasteiger partial charge in [0, 0.05) is 23.8 Å². The van der Waals surface area contributed by atoms with Crippen molar-refractivity contribution in [2.24, 2.45) is 0 Å². The van der Waals surface area contributed by atoms with Gasteiger partial charge in [-0.05, 0) is 25.0 Å². The lowest BCUT2D eigenvalue weighted by molar-refractivity contribution is 0.378. The van der Waals surface area contributed by atoms with Crippen LogP contribution in [0.5, 0.6) is 0 Å². The Morgan fingerprint density at radius 1 is 1.12 bits per heavy atom. The maximum atomic E-state index is 13.6. The van der Waals surface area contributed by atoms with Gasteiger partial charge in [0.15, 0.2) is 5.16 Å². The molecule has 130 valence electrons. The molecule has 3 rings (SSSR count). The summed E-state index contributed by atoms with van der Waals surface area (Å²) in [5.74, 6) is 2.04. The summed E-state index contributed by atoms with van der Waals surface area (Å²) in [5.41, 5.74) is 12.4. The summed E-state index contributed by atoms with van der Waals surface area (Å²) in [6, 6.07) is 6.37. The normalized spacial score (nSPS) is 11.0. The minimum Gasteiger partial charge on any atom is -0.383 e. The molecular formula is C16H17FN6OS. The molecule has 0 saturated heterocycles. The van der Waals surface area contributed by atoms with Gasteiger partial charge in [0.25, 0.3) is 0 Å². The van der Waals surface area contributed by atoms with E-state index < -0.39 is 0 Å². The molecule has 3 aromatic rings. The zero-order valence-electron chi connectivity index (χ0n) is 13.6. The van der Waals surface area contributed by atoms with Gasteiger partial charge < -0.3 is 16.0 Å². The molecule has 0 radical (unpaired) electrons. The molecule has 2 heterocycles. The Morgan fingerprint density at radius 3 is 2.60 bits per heavy atom. The van der Waals surface area contributed by atoms with Crippen LogP contribution in [0.25, 0.3) is 11.4 Å². The van der Waals surface area contributed by atoms with Gasteiger partial charge in [-0.15, -0.1) is 0 Å². The van der Waals surface area contributed by atoms with Crippen molar-refractivity contribution in [1.29, 1.82) is 0 Å². The number of nitrogens with two attached hydrogens (primary N) is 2. The van der Waals surface area contributed by atoms with Crippen molar-refractivity contribution >= 4 is 23.4 Å². The molecular weight excluding hydrogens is 343 g/mol. The summed E-state index contributed by atoms with van der Waals surface area (Å²) in [7, 11) is 0. The summed E-state index contributed by atoms with van der Waals surface area (Å²) >= 11 is 1.45. The number of hydrogen-bond acceptors (Lipinski definition) is 8. The lowest BCUT2D eigenvalue weighted by Crippen LogP contribution is -1.99. The second-order valence-electron chi connectivity index (χ2n) is 5.43. The van der Waals surface area contributed by atoms with Crippen molar-refractivity contribution in [1.82, 2.24) is 20.1 Å². The maximum absolute atomic E-state index is 13.6. The average Bonchev–Trinajstić information content (AvgIpc) is 3.02. The Kier molecular flexibility index (Phi) is 5.13. The second-order valence-corrected chi connectivity index (χ2v) is 6.49. The van der Waals surface area contributed by atoms with Crippen LogP contribution in [0.15, 0.2) is 33.9 Å². The predicted octanol–water partition coefficient (Wildman–Crippen LogP) is 2.86. The van der Waals surface area contributed by atoms with E-state index in [9.17, 15) is 4.39 Å². The van der Waals surface area contributed by atoms with E-state index in [4.69, 9.17) is 16.0 Å². The van der Waals surface area contributed by atoms with E-state index in [1.165, 1.54) is 23.9 Å². The highest BCUT2D eigenvalue weighted by Crippen LogP contribution is 2.21. The number of nitrogens with zero attached hydrogens (tertiary/aromatic N) is 4. The highest BCUT2D eigenvalue weighted by atomic mass is 32.2. The average molecular weight is 360 g/mol. The number of aryl methyl sites for hydroxylation is 2. The molecule has 0 unspecified atom stereocenters. The summed E-state index contributed by atoms with van der Waals surface area (Å²) in [4.78, 5) is 12.5. The fourth-order valence-corrected chi connectivity index (χ4v) is 2.93. The van der Waals surface area contributed by atoms with Crippen molar-refractivity contribution in [2.45, 2.75) is 24.9 Å². The first-order chi connectivity index (χ1) is 12.0. The van der Waals surface area contributed by atoms with Gasteiger partial charge in [0.2, 0.25) is 11.7 Å². The zero-order chi connectivity index (χ0) is 17.8. The van der Waals surface area contributed by atoms with Crippen molar-refractivity contribution in [3.63, 3.8) is 0 Å². The quantitative estimate of drug-likeness (QED) is 0.391. The third-order valence-corrected chi connectivity index (χ3v) is 4.34. The molecule has 25 heavy (non-hydrogen) atoms. The molecule has 7 nitrogen and oxygen atoms in total. The van der Waals surface area contributed by atoms with Gasteiger partial charge in [-0.25, -0.2) is 14.4 Å². The number of nitrogen functional groups attached to an aromatic ring is 2. The Bertz CT molecular complexity index is 865. The van der Waals surface area contributed by atoms with E-state index in [1.807, 2.05) is 0 Å². The standard InChI is InChI=1S/C16H17FN6OS/c1-9-4-5-10(7-11(9)17)15-22-14(24-23-15)3-2-6-25-16-20-12(18)8-13(19)21-16/h4-5,7-8H,2-3,6H2,1H3,(H4,18,19,20,21). The molecule has 0 saturated carbocycles. The zero-order valence-corrected chi connectivity index (χ0v) is 14.4. The first-order valence-corrected chi connectivity index (χ1v) is 8.62. The minimum atomic E-state index is -0.290. The summed E-state index contributed by atoms with van der Waals surface area (Å²) in [6.45, 7) is 1.70. The van der Waals surface area contributed by atoms with Crippen LogP contribution in [-0.4, -0.2) is 25.9 Å². The number of hydrogen-bond donors (Lipinski definition) is 2. The van der Waals surface area contributed by atoms with E-state index in [1.54, 1.807) is 19.1 Å². The smallest absolute Gasteiger partial charge is 0.226 e. The number of benzene rings is 1. The molecule has 1 aromatic carbocycles. The van der Waals surface area contributed by atoms with Gasteiger partial charge >= 0.3 is 0 Å². The molecule has 0 aliphatic rings. The number of rotatable bonds is 6. The van der Waals surface area contributed by atoms with Crippen LogP contribution in [0.2, 0.25) is 0 Å². The SMILES string of the molecule is Cc1ccc(-c2noc(CCCSc3nc(N)cc(N)n3)n2)cc1F. The molecule has 4 N–H and O–H groups in total. The molecule has 0 atom stereocenters. The van der Waals surface area contributed by atoms with Crippen molar-refractivity contribution < 1.29 is 8.91 Å². The molecule has 2 aromatic heterocycles. The van der Waals surface area contributed by atoms with Crippen molar-refractivity contribution in [3.05, 3.63) is 41.5 Å². The molecule has 9 heteroatoms. The third-order valence-electron chi connectivity index (χ3n) is 3.41. The number of thioether (sulfide) groups is 1. The highest BCUT2D eigenvalue weighted by Gasteiger charge is 2.10. The Morgan fingerprint density at radius 2 is 1.88 bits per heavy atom. The van der Waals surface area contributed by atoms with Crippen LogP contribution >= 0.6 is 11.8 Å². The van der Waals surface area contributed by atoms with E-state index in [-0.39, 0.29) is 5.82 Å². The van der Waals surface area contributed by atoms with Crippen molar-refractivity contribution in [2.75, 3.05) is 17.2 Å². The van der Waals surface area contributed by atoms with Gasteiger partial charge in [-0.3, -0.25) is 0 Å². The first-order valence-electron chi connectivity index (χ1n) is 7.63. The van der Waals surface area contributed by atoms with Crippen molar-refractivity contribution in [3.8, 4) is 11.4 Å². The Hall–Kier alpha value is -2.68. The fourth-order valence-electron chi connectivity index (χ4n) is 2.12. The lowest BCUT2D eigenvalue weighted by atomic mass is 10.1. The number of anilines is 2. The van der Waals surface area contributed by atoms with E-state index in [0.717, 1.165) is 12.2 Å². The van der Waals surface area contributed by atoms with Crippen LogP contribution in [-0.2, 0) is 6.42 Å². The summed E-state index contributed by atoms with van der Waals surface area (Å²) in [6.07, 6.45) is 1.39. The molecule has 0 aliphatic carbocycles. The summed E-state index contributed by atoms with van der Waals surface area (Å²) in [5, 5.41) is 4.44. The van der Waals surface area contributed by atoms with Crippen LogP contribution < -0.4 is 11.5 Å². The van der Waals surface area contributed by atoms with Gasteiger partial charge in [0.1, 0.15) is 17.5 Å². The van der Waals surface area contributed by atoms with Crippen LogP contribution in [0, 0.1) is 12.7 Å². The number of aromatic nitrogens is 4. The van der Waals surface area contributed by atoms with Crippen LogP contribution in [0.3, 0.4) is 0 Å². The minimum absolute atomic E-state index is 0.290.